The van der Waals surface area contributed by atoms with Crippen molar-refractivity contribution in [2.24, 2.45) is 23.2 Å². The summed E-state index contributed by atoms with van der Waals surface area (Å²) in [7, 11) is 0. The van der Waals surface area contributed by atoms with Crippen LogP contribution in [-0.4, -0.2) is 28.2 Å². The summed E-state index contributed by atoms with van der Waals surface area (Å²) < 4.78 is 0. The highest BCUT2D eigenvalue weighted by Crippen LogP contribution is 2.55. The van der Waals surface area contributed by atoms with Crippen molar-refractivity contribution in [1.29, 1.82) is 0 Å². The first-order valence-corrected chi connectivity index (χ1v) is 7.14. The summed E-state index contributed by atoms with van der Waals surface area (Å²) in [4.78, 5) is 11.7. The number of fused-ring (bicyclic) bond motifs is 1. The van der Waals surface area contributed by atoms with E-state index in [2.05, 4.69) is 13.8 Å². The molecule has 0 unspecified atom stereocenters. The zero-order chi connectivity index (χ0) is 13.6. The predicted molar refractivity (Wildman–Crippen MR) is 70.1 cm³/mol. The van der Waals surface area contributed by atoms with Gasteiger partial charge in [0.25, 0.3) is 0 Å². The number of aliphatic hydroxyl groups excluding tert-OH is 1. The van der Waals surface area contributed by atoms with Crippen LogP contribution in [0, 0.1) is 23.2 Å². The summed E-state index contributed by atoms with van der Waals surface area (Å²) >= 11 is 0. The minimum Gasteiger partial charge on any atom is -0.393 e. The van der Waals surface area contributed by atoms with Crippen molar-refractivity contribution in [3.63, 3.8) is 0 Å². The van der Waals surface area contributed by atoms with Gasteiger partial charge in [0.2, 0.25) is 0 Å². The molecule has 0 aromatic rings. The van der Waals surface area contributed by atoms with Gasteiger partial charge in [0.05, 0.1) is 12.2 Å². The maximum absolute atomic E-state index is 11.7. The molecule has 0 spiro atoms. The maximum Gasteiger partial charge on any atom is 0.133 e. The summed E-state index contributed by atoms with van der Waals surface area (Å²) in [6.07, 6.45) is 4.26. The molecule has 0 radical (unpaired) electrons. The maximum atomic E-state index is 11.7. The lowest BCUT2D eigenvalue weighted by molar-refractivity contribution is -0.137. The Morgan fingerprint density at radius 1 is 1.39 bits per heavy atom. The molecule has 0 heterocycles. The van der Waals surface area contributed by atoms with Gasteiger partial charge >= 0.3 is 0 Å². The quantitative estimate of drug-likeness (QED) is 0.794. The van der Waals surface area contributed by atoms with Crippen molar-refractivity contribution in [3.05, 3.63) is 0 Å². The molecule has 5 atom stereocenters. The Morgan fingerprint density at radius 3 is 2.67 bits per heavy atom. The van der Waals surface area contributed by atoms with E-state index in [1.54, 1.807) is 6.92 Å². The lowest BCUT2D eigenvalue weighted by Crippen LogP contribution is -2.50. The second-order valence-corrected chi connectivity index (χ2v) is 7.04. The molecule has 2 rings (SSSR count). The molecule has 104 valence electrons. The molecule has 0 bridgehead atoms. The fourth-order valence-corrected chi connectivity index (χ4v) is 4.06. The van der Waals surface area contributed by atoms with E-state index in [1.807, 2.05) is 0 Å². The van der Waals surface area contributed by atoms with E-state index >= 15 is 0 Å². The molecular formula is C15H26O3. The largest absolute Gasteiger partial charge is 0.393 e. The number of hydrogen-bond donors (Lipinski definition) is 2. The molecule has 3 heteroatoms. The zero-order valence-corrected chi connectivity index (χ0v) is 11.8. The average Bonchev–Trinajstić information content (AvgIpc) is 2.30. The summed E-state index contributed by atoms with van der Waals surface area (Å²) in [5.74, 6) is 1.41. The fourth-order valence-electron chi connectivity index (χ4n) is 4.06. The standard InChI is InChI=1S/C15H26O3/c1-10-6-13(17)7-11-4-5-12(8-14(10,11)2)15(3,18)9-16/h10-12,16,18H,4-9H2,1-3H3/t10-,11+,12-,14+,15+/m1/s1. The van der Waals surface area contributed by atoms with Gasteiger partial charge in [-0.2, -0.15) is 0 Å². The number of ketones is 1. The summed E-state index contributed by atoms with van der Waals surface area (Å²) in [6.45, 7) is 6.00. The van der Waals surface area contributed by atoms with Crippen LogP contribution >= 0.6 is 0 Å². The molecule has 2 N–H and O–H groups in total. The van der Waals surface area contributed by atoms with Gasteiger partial charge < -0.3 is 10.2 Å². The van der Waals surface area contributed by atoms with Crippen LogP contribution < -0.4 is 0 Å². The van der Waals surface area contributed by atoms with Crippen molar-refractivity contribution >= 4 is 5.78 Å². The molecular weight excluding hydrogens is 228 g/mol. The van der Waals surface area contributed by atoms with Gasteiger partial charge in [0.1, 0.15) is 5.78 Å². The molecule has 3 nitrogen and oxygen atoms in total. The van der Waals surface area contributed by atoms with E-state index in [0.717, 1.165) is 25.7 Å². The van der Waals surface area contributed by atoms with Gasteiger partial charge in [-0.05, 0) is 49.4 Å². The highest BCUT2D eigenvalue weighted by molar-refractivity contribution is 5.80. The molecule has 0 aliphatic heterocycles. The minimum absolute atomic E-state index is 0.149. The van der Waals surface area contributed by atoms with Crippen LogP contribution in [0.25, 0.3) is 0 Å². The van der Waals surface area contributed by atoms with Crippen LogP contribution in [0.1, 0.15) is 52.9 Å². The predicted octanol–water partition coefficient (Wildman–Crippen LogP) is 2.15. The summed E-state index contributed by atoms with van der Waals surface area (Å²) in [5, 5.41) is 19.6. The van der Waals surface area contributed by atoms with Gasteiger partial charge in [-0.1, -0.05) is 13.8 Å². The molecule has 0 aromatic carbocycles. The van der Waals surface area contributed by atoms with Crippen molar-refractivity contribution in [2.45, 2.75) is 58.5 Å². The van der Waals surface area contributed by atoms with Crippen LogP contribution in [0.15, 0.2) is 0 Å². The van der Waals surface area contributed by atoms with Crippen LogP contribution in [0.5, 0.6) is 0 Å². The number of carbonyl (C=O) groups is 1. The Balaban J connectivity index is 2.18. The third-order valence-electron chi connectivity index (χ3n) is 5.82. The molecule has 2 aliphatic rings. The molecule has 2 saturated carbocycles. The Kier molecular flexibility index (Phi) is 3.58. The van der Waals surface area contributed by atoms with Gasteiger partial charge in [-0.3, -0.25) is 4.79 Å². The van der Waals surface area contributed by atoms with E-state index < -0.39 is 5.60 Å². The number of rotatable bonds is 2. The number of hydrogen-bond acceptors (Lipinski definition) is 3. The Morgan fingerprint density at radius 2 is 2.06 bits per heavy atom. The smallest absolute Gasteiger partial charge is 0.133 e. The second-order valence-electron chi connectivity index (χ2n) is 7.04. The van der Waals surface area contributed by atoms with Crippen LogP contribution in [-0.2, 0) is 4.79 Å². The Hall–Kier alpha value is -0.410. The van der Waals surface area contributed by atoms with Crippen LogP contribution in [0.3, 0.4) is 0 Å². The third-order valence-corrected chi connectivity index (χ3v) is 5.82. The van der Waals surface area contributed by atoms with Crippen molar-refractivity contribution in [1.82, 2.24) is 0 Å². The summed E-state index contributed by atoms with van der Waals surface area (Å²) in [6, 6.07) is 0. The highest BCUT2D eigenvalue weighted by atomic mass is 16.3. The summed E-state index contributed by atoms with van der Waals surface area (Å²) in [5.41, 5.74) is -0.828. The van der Waals surface area contributed by atoms with E-state index in [0.29, 0.717) is 24.0 Å². The van der Waals surface area contributed by atoms with Gasteiger partial charge in [-0.25, -0.2) is 0 Å². The second kappa shape index (κ2) is 4.61. The van der Waals surface area contributed by atoms with Crippen LogP contribution in [0.4, 0.5) is 0 Å². The monoisotopic (exact) mass is 254 g/mol. The van der Waals surface area contributed by atoms with Gasteiger partial charge in [-0.15, -0.1) is 0 Å². The van der Waals surface area contributed by atoms with E-state index in [4.69, 9.17) is 0 Å². The molecule has 0 aromatic heterocycles. The molecule has 2 aliphatic carbocycles. The van der Waals surface area contributed by atoms with E-state index in [-0.39, 0.29) is 17.9 Å². The highest BCUT2D eigenvalue weighted by Gasteiger charge is 2.50. The molecule has 0 amide bonds. The SMILES string of the molecule is C[C@@H]1CC(=O)C[C@@H]2CC[C@@H]([C@@](C)(O)CO)C[C@]21C. The van der Waals surface area contributed by atoms with Crippen LogP contribution in [0.2, 0.25) is 0 Å². The van der Waals surface area contributed by atoms with Crippen molar-refractivity contribution < 1.29 is 15.0 Å². The number of carbonyl (C=O) groups excluding carboxylic acids is 1. The van der Waals surface area contributed by atoms with Gasteiger partial charge in [0.15, 0.2) is 0 Å². The number of Topliss-reactive ketones (excluding diaryl/α,β-unsaturated/α-hetero) is 1. The lowest BCUT2D eigenvalue weighted by Gasteiger charge is -2.53. The normalized spacial score (nSPS) is 44.3. The Bertz CT molecular complexity index is 337. The Labute approximate surface area is 110 Å². The fraction of sp³-hybridized carbons (Fsp3) is 0.933. The third kappa shape index (κ3) is 2.23. The number of aliphatic hydroxyl groups is 2. The first-order valence-electron chi connectivity index (χ1n) is 7.14. The van der Waals surface area contributed by atoms with Crippen molar-refractivity contribution in [2.75, 3.05) is 6.61 Å². The molecule has 2 fully saturated rings. The van der Waals surface area contributed by atoms with Crippen molar-refractivity contribution in [3.8, 4) is 0 Å². The van der Waals surface area contributed by atoms with Gasteiger partial charge in [0, 0.05) is 12.8 Å². The van der Waals surface area contributed by atoms with E-state index in [9.17, 15) is 15.0 Å². The first-order chi connectivity index (χ1) is 8.29. The van der Waals surface area contributed by atoms with E-state index in [1.165, 1.54) is 0 Å². The topological polar surface area (TPSA) is 57.5 Å². The molecule has 0 saturated heterocycles. The lowest BCUT2D eigenvalue weighted by atomic mass is 9.52. The minimum atomic E-state index is -0.977. The zero-order valence-electron chi connectivity index (χ0n) is 11.8. The first kappa shape index (κ1) is 14.0. The average molecular weight is 254 g/mol. The molecule has 18 heavy (non-hydrogen) atoms.